The van der Waals surface area contributed by atoms with Crippen molar-refractivity contribution >= 4 is 28.6 Å². The summed E-state index contributed by atoms with van der Waals surface area (Å²) >= 11 is 1.42. The number of anilines is 1. The highest BCUT2D eigenvalue weighted by Gasteiger charge is 2.14. The minimum absolute atomic E-state index is 0.0242. The van der Waals surface area contributed by atoms with Gasteiger partial charge in [0.1, 0.15) is 5.01 Å². The lowest BCUT2D eigenvalue weighted by Crippen LogP contribution is -2.14. The van der Waals surface area contributed by atoms with E-state index in [0.29, 0.717) is 16.9 Å². The molecule has 2 aromatic heterocycles. The van der Waals surface area contributed by atoms with E-state index < -0.39 is 4.92 Å². The van der Waals surface area contributed by atoms with Crippen LogP contribution >= 0.6 is 11.3 Å². The van der Waals surface area contributed by atoms with Crippen molar-refractivity contribution in [2.45, 2.75) is 13.3 Å². The second-order valence-corrected chi connectivity index (χ2v) is 6.20. The number of nitrogens with zero attached hydrogens (tertiary/aromatic N) is 3. The molecule has 0 aliphatic heterocycles. The molecule has 0 spiro atoms. The first-order valence-corrected chi connectivity index (χ1v) is 8.31. The Morgan fingerprint density at radius 2 is 2.16 bits per heavy atom. The van der Waals surface area contributed by atoms with Gasteiger partial charge in [-0.2, -0.15) is 0 Å². The Bertz CT molecular complexity index is 925. The van der Waals surface area contributed by atoms with Crippen molar-refractivity contribution < 1.29 is 9.72 Å². The zero-order chi connectivity index (χ0) is 17.8. The Labute approximate surface area is 147 Å². The van der Waals surface area contributed by atoms with E-state index in [1.165, 1.54) is 17.4 Å². The van der Waals surface area contributed by atoms with Crippen LogP contribution < -0.4 is 5.32 Å². The maximum atomic E-state index is 12.2. The van der Waals surface area contributed by atoms with Gasteiger partial charge in [0.15, 0.2) is 0 Å². The number of benzene rings is 1. The first-order valence-electron chi connectivity index (χ1n) is 7.43. The third kappa shape index (κ3) is 4.04. The van der Waals surface area contributed by atoms with E-state index in [1.807, 2.05) is 18.2 Å². The lowest BCUT2D eigenvalue weighted by molar-refractivity contribution is -0.385. The Hall–Kier alpha value is -3.13. The molecule has 7 nitrogen and oxygen atoms in total. The van der Waals surface area contributed by atoms with E-state index in [0.717, 1.165) is 10.7 Å². The Morgan fingerprint density at radius 3 is 2.88 bits per heavy atom. The van der Waals surface area contributed by atoms with Crippen LogP contribution in [0.3, 0.4) is 0 Å². The maximum absolute atomic E-state index is 12.2. The molecule has 0 aliphatic carbocycles. The number of nitro benzene ring substituents is 1. The van der Waals surface area contributed by atoms with E-state index >= 15 is 0 Å². The Kier molecular flexibility index (Phi) is 4.80. The summed E-state index contributed by atoms with van der Waals surface area (Å²) in [6.45, 7) is 1.65. The number of nitro groups is 1. The summed E-state index contributed by atoms with van der Waals surface area (Å²) in [7, 11) is 0. The van der Waals surface area contributed by atoms with Gasteiger partial charge in [-0.15, -0.1) is 11.3 Å². The molecule has 3 rings (SSSR count). The number of rotatable bonds is 5. The highest BCUT2D eigenvalue weighted by Crippen LogP contribution is 2.23. The van der Waals surface area contributed by atoms with Crippen molar-refractivity contribution in [3.8, 4) is 10.7 Å². The van der Waals surface area contributed by atoms with E-state index in [2.05, 4.69) is 15.3 Å². The van der Waals surface area contributed by atoms with Crippen LogP contribution in [0.25, 0.3) is 10.7 Å². The molecule has 8 heteroatoms. The molecule has 0 fully saturated rings. The smallest absolute Gasteiger partial charge is 0.274 e. The zero-order valence-corrected chi connectivity index (χ0v) is 14.1. The fourth-order valence-electron chi connectivity index (χ4n) is 2.25. The van der Waals surface area contributed by atoms with Crippen LogP contribution in [0.2, 0.25) is 0 Å². The molecule has 126 valence electrons. The number of hydrogen-bond acceptors (Lipinski definition) is 6. The molecular formula is C17H14N4O3S. The van der Waals surface area contributed by atoms with Gasteiger partial charge in [-0.25, -0.2) is 4.98 Å². The highest BCUT2D eigenvalue weighted by atomic mass is 32.1. The average Bonchev–Trinajstić information content (AvgIpc) is 3.05. The molecule has 1 N–H and O–H groups in total. The zero-order valence-electron chi connectivity index (χ0n) is 13.3. The van der Waals surface area contributed by atoms with Gasteiger partial charge >= 0.3 is 0 Å². The first-order chi connectivity index (χ1) is 12.0. The Morgan fingerprint density at radius 1 is 1.32 bits per heavy atom. The third-order valence-electron chi connectivity index (χ3n) is 3.47. The van der Waals surface area contributed by atoms with Crippen molar-refractivity contribution in [1.29, 1.82) is 0 Å². The number of carbonyl (C=O) groups is 1. The fraction of sp³-hybridized carbons (Fsp3) is 0.118. The van der Waals surface area contributed by atoms with E-state index in [9.17, 15) is 14.9 Å². The second-order valence-electron chi connectivity index (χ2n) is 5.34. The summed E-state index contributed by atoms with van der Waals surface area (Å²) in [6, 6.07) is 10.2. The molecular weight excluding hydrogens is 340 g/mol. The quantitative estimate of drug-likeness (QED) is 0.557. The molecule has 0 aliphatic rings. The summed E-state index contributed by atoms with van der Waals surface area (Å²) in [4.78, 5) is 31.3. The number of nitrogens with one attached hydrogen (secondary N) is 1. The molecule has 0 saturated heterocycles. The van der Waals surface area contributed by atoms with Gasteiger partial charge in [0.2, 0.25) is 5.91 Å². The molecule has 0 radical (unpaired) electrons. The minimum atomic E-state index is -0.468. The van der Waals surface area contributed by atoms with E-state index in [4.69, 9.17) is 0 Å². The predicted molar refractivity (Wildman–Crippen MR) is 95.5 cm³/mol. The predicted octanol–water partition coefficient (Wildman–Crippen LogP) is 3.60. The molecule has 1 amide bonds. The number of carbonyl (C=O) groups excluding carboxylic acids is 1. The number of aryl methyl sites for hydroxylation is 1. The van der Waals surface area contributed by atoms with Crippen molar-refractivity contribution in [3.63, 3.8) is 0 Å². The van der Waals surface area contributed by atoms with Gasteiger partial charge in [-0.3, -0.25) is 19.9 Å². The number of pyridine rings is 1. The summed E-state index contributed by atoms with van der Waals surface area (Å²) < 4.78 is 0. The van der Waals surface area contributed by atoms with Crippen molar-refractivity contribution in [3.05, 3.63) is 69.3 Å². The third-order valence-corrected chi connectivity index (χ3v) is 4.38. The molecule has 0 bridgehead atoms. The van der Waals surface area contributed by atoms with Crippen molar-refractivity contribution in [1.82, 2.24) is 9.97 Å². The summed E-state index contributed by atoms with van der Waals surface area (Å²) in [5.74, 6) is -0.281. The van der Waals surface area contributed by atoms with Gasteiger partial charge < -0.3 is 5.32 Å². The van der Waals surface area contributed by atoms with Gasteiger partial charge in [-0.05, 0) is 25.1 Å². The molecule has 2 heterocycles. The van der Waals surface area contributed by atoms with Crippen molar-refractivity contribution in [2.75, 3.05) is 5.32 Å². The first kappa shape index (κ1) is 16.7. The van der Waals surface area contributed by atoms with Gasteiger partial charge in [0.05, 0.1) is 22.7 Å². The summed E-state index contributed by atoms with van der Waals surface area (Å²) in [5, 5.41) is 16.2. The van der Waals surface area contributed by atoms with Crippen LogP contribution in [-0.2, 0) is 11.2 Å². The van der Waals surface area contributed by atoms with Gasteiger partial charge in [0.25, 0.3) is 5.69 Å². The normalized spacial score (nSPS) is 10.4. The number of aromatic nitrogens is 2. The Balaban J connectivity index is 1.68. The molecule has 3 aromatic rings. The van der Waals surface area contributed by atoms with Gasteiger partial charge in [0, 0.05) is 28.9 Å². The topological polar surface area (TPSA) is 98.0 Å². The summed E-state index contributed by atoms with van der Waals surface area (Å²) in [6.07, 6.45) is 1.78. The fourth-order valence-corrected chi connectivity index (χ4v) is 3.04. The van der Waals surface area contributed by atoms with Gasteiger partial charge in [-0.1, -0.05) is 12.1 Å². The van der Waals surface area contributed by atoms with E-state index in [1.54, 1.807) is 30.6 Å². The number of hydrogen-bond donors (Lipinski definition) is 1. The van der Waals surface area contributed by atoms with Crippen LogP contribution in [0.15, 0.2) is 48.0 Å². The molecule has 25 heavy (non-hydrogen) atoms. The largest absolute Gasteiger partial charge is 0.325 e. The standard InChI is InChI=1S/C17H14N4O3S/c1-11-5-6-12(8-15(11)21(23)24)19-16(22)9-13-10-25-17(20-13)14-4-2-3-7-18-14/h2-8,10H,9H2,1H3,(H,19,22). The van der Waals surface area contributed by atoms with Crippen LogP contribution in [0.5, 0.6) is 0 Å². The molecule has 1 aromatic carbocycles. The number of thiazole rings is 1. The lowest BCUT2D eigenvalue weighted by Gasteiger charge is -2.05. The van der Waals surface area contributed by atoms with E-state index in [-0.39, 0.29) is 18.0 Å². The molecule has 0 unspecified atom stereocenters. The van der Waals surface area contributed by atoms with Crippen molar-refractivity contribution in [2.24, 2.45) is 0 Å². The highest BCUT2D eigenvalue weighted by molar-refractivity contribution is 7.13. The number of amides is 1. The lowest BCUT2D eigenvalue weighted by atomic mass is 10.2. The second kappa shape index (κ2) is 7.18. The minimum Gasteiger partial charge on any atom is -0.325 e. The van der Waals surface area contributed by atoms with Crippen LogP contribution in [-0.4, -0.2) is 20.8 Å². The SMILES string of the molecule is Cc1ccc(NC(=O)Cc2csc(-c3ccccn3)n2)cc1[N+](=O)[O-]. The van der Waals surface area contributed by atoms with Crippen LogP contribution in [0.4, 0.5) is 11.4 Å². The average molecular weight is 354 g/mol. The van der Waals surface area contributed by atoms with Crippen LogP contribution in [0, 0.1) is 17.0 Å². The molecule has 0 atom stereocenters. The molecule has 0 saturated carbocycles. The van der Waals surface area contributed by atoms with Crippen LogP contribution in [0.1, 0.15) is 11.3 Å². The summed E-state index contributed by atoms with van der Waals surface area (Å²) in [5.41, 5.74) is 2.30. The maximum Gasteiger partial charge on any atom is 0.274 e. The monoisotopic (exact) mass is 354 g/mol.